The fourth-order valence-corrected chi connectivity index (χ4v) is 3.42. The molecule has 1 aromatic heterocycles. The summed E-state index contributed by atoms with van der Waals surface area (Å²) in [7, 11) is 0. The first-order valence-corrected chi connectivity index (χ1v) is 7.03. The number of ketones is 1. The molecular weight excluding hydrogens is 265 g/mol. The number of Topliss-reactive ketones (excluding diaryl/α,β-unsaturated/α-hetero) is 1. The van der Waals surface area contributed by atoms with Crippen molar-refractivity contribution in [2.24, 2.45) is 0 Å². The number of aromatic amines is 1. The monoisotopic (exact) mass is 279 g/mol. The fraction of sp³-hybridized carbons (Fsp3) is 0.167. The van der Waals surface area contributed by atoms with Crippen molar-refractivity contribution >= 4 is 33.2 Å². The van der Waals surface area contributed by atoms with E-state index in [0.717, 1.165) is 40.4 Å². The predicted octanol–water partition coefficient (Wildman–Crippen LogP) is 4.62. The Bertz CT molecular complexity index is 949. The van der Waals surface area contributed by atoms with Gasteiger partial charge in [-0.15, -0.1) is 0 Å². The number of H-pyrrole nitrogens is 1. The third-order valence-corrected chi connectivity index (χ3v) is 4.41. The molecule has 0 amide bonds. The van der Waals surface area contributed by atoms with E-state index in [0.29, 0.717) is 16.5 Å². The summed E-state index contributed by atoms with van der Waals surface area (Å²) >= 11 is 0. The Balaban J connectivity index is 2.25. The molecule has 21 heavy (non-hydrogen) atoms. The molecule has 3 aromatic rings. The van der Waals surface area contributed by atoms with Crippen LogP contribution in [0.25, 0.3) is 27.4 Å². The van der Waals surface area contributed by atoms with Gasteiger partial charge in [0, 0.05) is 21.9 Å². The van der Waals surface area contributed by atoms with E-state index in [1.165, 1.54) is 13.0 Å². The third kappa shape index (κ3) is 1.54. The Morgan fingerprint density at radius 1 is 1.19 bits per heavy atom. The summed E-state index contributed by atoms with van der Waals surface area (Å²) in [6, 6.07) is 6.92. The molecule has 0 aliphatic heterocycles. The molecule has 0 bridgehead atoms. The Labute approximate surface area is 121 Å². The molecule has 4 rings (SSSR count). The zero-order chi connectivity index (χ0) is 14.7. The zero-order valence-corrected chi connectivity index (χ0v) is 11.7. The number of carbonyl (C=O) groups excluding carboxylic acids is 1. The van der Waals surface area contributed by atoms with E-state index in [9.17, 15) is 9.18 Å². The lowest BCUT2D eigenvalue weighted by Gasteiger charge is -2.03. The summed E-state index contributed by atoms with van der Waals surface area (Å²) in [6.07, 6.45) is 1.79. The number of benzene rings is 2. The van der Waals surface area contributed by atoms with Crippen LogP contribution in [0.4, 0.5) is 4.39 Å². The highest BCUT2D eigenvalue weighted by Gasteiger charge is 2.22. The van der Waals surface area contributed by atoms with Crippen molar-refractivity contribution in [2.75, 3.05) is 0 Å². The van der Waals surface area contributed by atoms with Crippen LogP contribution >= 0.6 is 0 Å². The van der Waals surface area contributed by atoms with E-state index in [2.05, 4.69) is 11.6 Å². The smallest absolute Gasteiger partial charge is 0.161 e. The van der Waals surface area contributed by atoms with Crippen LogP contribution in [-0.4, -0.2) is 10.8 Å². The second-order valence-corrected chi connectivity index (χ2v) is 5.64. The second-order valence-electron chi connectivity index (χ2n) is 5.64. The van der Waals surface area contributed by atoms with E-state index < -0.39 is 0 Å². The number of allylic oxidation sites excluding steroid dienone is 1. The van der Waals surface area contributed by atoms with Crippen LogP contribution in [0.15, 0.2) is 30.8 Å². The average molecular weight is 279 g/mol. The molecule has 0 fully saturated rings. The molecule has 0 unspecified atom stereocenters. The van der Waals surface area contributed by atoms with Crippen LogP contribution in [0, 0.1) is 5.82 Å². The molecule has 2 nitrogen and oxygen atoms in total. The molecule has 0 spiro atoms. The molecule has 0 saturated heterocycles. The number of aryl methyl sites for hydroxylation is 1. The van der Waals surface area contributed by atoms with E-state index >= 15 is 0 Å². The van der Waals surface area contributed by atoms with Crippen molar-refractivity contribution in [2.45, 2.75) is 19.8 Å². The van der Waals surface area contributed by atoms with Crippen LogP contribution < -0.4 is 0 Å². The van der Waals surface area contributed by atoms with E-state index in [-0.39, 0.29) is 11.6 Å². The number of rotatable bonds is 1. The number of nitrogens with one attached hydrogen (secondary N) is 1. The fourth-order valence-electron chi connectivity index (χ4n) is 3.42. The van der Waals surface area contributed by atoms with Gasteiger partial charge >= 0.3 is 0 Å². The summed E-state index contributed by atoms with van der Waals surface area (Å²) in [5.74, 6) is -0.347. The Morgan fingerprint density at radius 2 is 2.00 bits per heavy atom. The van der Waals surface area contributed by atoms with Crippen molar-refractivity contribution in [3.63, 3.8) is 0 Å². The molecule has 1 N–H and O–H groups in total. The minimum atomic E-state index is -0.285. The van der Waals surface area contributed by atoms with Gasteiger partial charge in [0.05, 0.1) is 5.52 Å². The summed E-state index contributed by atoms with van der Waals surface area (Å²) in [4.78, 5) is 15.0. The van der Waals surface area contributed by atoms with Gasteiger partial charge in [-0.1, -0.05) is 12.6 Å². The van der Waals surface area contributed by atoms with Crippen LogP contribution in [0.5, 0.6) is 0 Å². The quantitative estimate of drug-likeness (QED) is 0.648. The standard InChI is InChI=1S/C18H14FNO/c1-9-3-4-13-11(9)6-8-15-16(13)17-14(19)7-5-12(10(2)21)18(17)20-15/h5-8,20H,1,3-4H2,2H3. The van der Waals surface area contributed by atoms with Gasteiger partial charge in [0.2, 0.25) is 0 Å². The van der Waals surface area contributed by atoms with Crippen molar-refractivity contribution < 1.29 is 9.18 Å². The SMILES string of the molecule is C=C1CCc2c1ccc1[nH]c3c(C(C)=O)ccc(F)c3c21. The topological polar surface area (TPSA) is 32.9 Å². The summed E-state index contributed by atoms with van der Waals surface area (Å²) in [6.45, 7) is 5.58. The minimum absolute atomic E-state index is 0.0624. The van der Waals surface area contributed by atoms with E-state index in [1.54, 1.807) is 6.07 Å². The molecule has 1 aliphatic carbocycles. The molecular formula is C18H14FNO. The van der Waals surface area contributed by atoms with Crippen LogP contribution in [-0.2, 0) is 6.42 Å². The Hall–Kier alpha value is -2.42. The summed E-state index contributed by atoms with van der Waals surface area (Å²) < 4.78 is 14.4. The Morgan fingerprint density at radius 3 is 2.76 bits per heavy atom. The van der Waals surface area contributed by atoms with Crippen molar-refractivity contribution in [1.82, 2.24) is 4.98 Å². The van der Waals surface area contributed by atoms with Gasteiger partial charge < -0.3 is 4.98 Å². The number of hydrogen-bond donors (Lipinski definition) is 1. The maximum atomic E-state index is 14.4. The lowest BCUT2D eigenvalue weighted by atomic mass is 10.00. The Kier molecular flexibility index (Phi) is 2.37. The molecule has 1 heterocycles. The highest BCUT2D eigenvalue weighted by atomic mass is 19.1. The molecule has 0 saturated carbocycles. The van der Waals surface area contributed by atoms with Crippen molar-refractivity contribution in [3.8, 4) is 0 Å². The van der Waals surface area contributed by atoms with Crippen LogP contribution in [0.1, 0.15) is 34.8 Å². The molecule has 0 atom stereocenters. The summed E-state index contributed by atoms with van der Waals surface area (Å²) in [5.41, 5.74) is 5.38. The van der Waals surface area contributed by atoms with Crippen LogP contribution in [0.2, 0.25) is 0 Å². The first kappa shape index (κ1) is 12.3. The molecule has 0 radical (unpaired) electrons. The summed E-state index contributed by atoms with van der Waals surface area (Å²) in [5, 5.41) is 1.44. The lowest BCUT2D eigenvalue weighted by molar-refractivity contribution is 0.101. The van der Waals surface area contributed by atoms with Crippen LogP contribution in [0.3, 0.4) is 0 Å². The number of aromatic nitrogens is 1. The van der Waals surface area contributed by atoms with Gasteiger partial charge in [-0.25, -0.2) is 4.39 Å². The first-order chi connectivity index (χ1) is 10.1. The predicted molar refractivity (Wildman–Crippen MR) is 83.1 cm³/mol. The average Bonchev–Trinajstić information content (AvgIpc) is 3.00. The third-order valence-electron chi connectivity index (χ3n) is 4.41. The van der Waals surface area contributed by atoms with Gasteiger partial charge in [-0.05, 0) is 54.7 Å². The number of carbonyl (C=O) groups is 1. The molecule has 3 heteroatoms. The first-order valence-electron chi connectivity index (χ1n) is 7.03. The molecule has 1 aliphatic rings. The minimum Gasteiger partial charge on any atom is -0.354 e. The maximum Gasteiger partial charge on any atom is 0.161 e. The van der Waals surface area contributed by atoms with Gasteiger partial charge in [0.15, 0.2) is 5.78 Å². The zero-order valence-electron chi connectivity index (χ0n) is 11.7. The van der Waals surface area contributed by atoms with E-state index in [1.807, 2.05) is 12.1 Å². The largest absolute Gasteiger partial charge is 0.354 e. The van der Waals surface area contributed by atoms with Gasteiger partial charge in [0.25, 0.3) is 0 Å². The maximum absolute atomic E-state index is 14.4. The lowest BCUT2D eigenvalue weighted by Crippen LogP contribution is -1.94. The molecule has 2 aromatic carbocycles. The van der Waals surface area contributed by atoms with E-state index in [4.69, 9.17) is 0 Å². The van der Waals surface area contributed by atoms with Crippen molar-refractivity contribution in [1.29, 1.82) is 0 Å². The van der Waals surface area contributed by atoms with Gasteiger partial charge in [-0.3, -0.25) is 4.79 Å². The second kappa shape index (κ2) is 4.04. The highest BCUT2D eigenvalue weighted by molar-refractivity contribution is 6.17. The highest BCUT2D eigenvalue weighted by Crippen LogP contribution is 2.40. The normalized spacial score (nSPS) is 14.1. The number of halogens is 1. The van der Waals surface area contributed by atoms with Crippen molar-refractivity contribution in [3.05, 3.63) is 53.4 Å². The molecule has 104 valence electrons. The van der Waals surface area contributed by atoms with Gasteiger partial charge in [0.1, 0.15) is 5.82 Å². The number of fused-ring (bicyclic) bond motifs is 5. The number of hydrogen-bond acceptors (Lipinski definition) is 1. The van der Waals surface area contributed by atoms with Gasteiger partial charge in [-0.2, -0.15) is 0 Å².